The average Bonchev–Trinajstić information content (AvgIpc) is 2.92. The van der Waals surface area contributed by atoms with Crippen LogP contribution in [0.4, 0.5) is 0 Å². The molecule has 0 saturated heterocycles. The quantitative estimate of drug-likeness (QED) is 0.876. The summed E-state index contributed by atoms with van der Waals surface area (Å²) in [7, 11) is -3.52. The highest BCUT2D eigenvalue weighted by Gasteiger charge is 2.27. The molecule has 1 unspecified atom stereocenters. The Morgan fingerprint density at radius 1 is 1.35 bits per heavy atom. The van der Waals surface area contributed by atoms with Crippen molar-refractivity contribution in [3.05, 3.63) is 29.3 Å². The molecule has 0 spiro atoms. The first-order valence-corrected chi connectivity index (χ1v) is 8.65. The van der Waals surface area contributed by atoms with Gasteiger partial charge in [0.25, 0.3) is 0 Å². The SMILES string of the molecule is Cc1c(CO)cccc1S(=O)(=O)NC(C)C1CCCC1. The van der Waals surface area contributed by atoms with Gasteiger partial charge in [0.1, 0.15) is 0 Å². The van der Waals surface area contributed by atoms with Crippen LogP contribution in [0, 0.1) is 12.8 Å². The van der Waals surface area contributed by atoms with Crippen molar-refractivity contribution in [1.29, 1.82) is 0 Å². The highest BCUT2D eigenvalue weighted by atomic mass is 32.2. The van der Waals surface area contributed by atoms with Gasteiger partial charge in [-0.25, -0.2) is 13.1 Å². The van der Waals surface area contributed by atoms with Crippen molar-refractivity contribution < 1.29 is 13.5 Å². The molecule has 4 nitrogen and oxygen atoms in total. The molecule has 1 aliphatic carbocycles. The Morgan fingerprint density at radius 2 is 2.00 bits per heavy atom. The van der Waals surface area contributed by atoms with Gasteiger partial charge >= 0.3 is 0 Å². The van der Waals surface area contributed by atoms with Gasteiger partial charge in [-0.1, -0.05) is 25.0 Å². The smallest absolute Gasteiger partial charge is 0.241 e. The minimum Gasteiger partial charge on any atom is -0.392 e. The van der Waals surface area contributed by atoms with Gasteiger partial charge in [-0.05, 0) is 49.8 Å². The fourth-order valence-electron chi connectivity index (χ4n) is 2.98. The number of hydrogen-bond donors (Lipinski definition) is 2. The van der Waals surface area contributed by atoms with E-state index < -0.39 is 10.0 Å². The molecule has 2 N–H and O–H groups in total. The fourth-order valence-corrected chi connectivity index (χ4v) is 4.58. The van der Waals surface area contributed by atoms with E-state index in [1.807, 2.05) is 6.92 Å². The van der Waals surface area contributed by atoms with Crippen LogP contribution in [0.2, 0.25) is 0 Å². The summed E-state index contributed by atoms with van der Waals surface area (Å²) < 4.78 is 27.8. The largest absolute Gasteiger partial charge is 0.392 e. The Labute approximate surface area is 121 Å². The number of rotatable bonds is 5. The van der Waals surface area contributed by atoms with Crippen LogP contribution in [-0.4, -0.2) is 19.6 Å². The molecule has 0 aromatic heterocycles. The number of aliphatic hydroxyl groups is 1. The second kappa shape index (κ2) is 6.24. The lowest BCUT2D eigenvalue weighted by molar-refractivity contribution is 0.280. The summed E-state index contributed by atoms with van der Waals surface area (Å²) in [6.45, 7) is 3.53. The van der Waals surface area contributed by atoms with E-state index in [1.54, 1.807) is 25.1 Å². The van der Waals surface area contributed by atoms with Crippen molar-refractivity contribution in [3.8, 4) is 0 Å². The third-order valence-electron chi connectivity index (χ3n) is 4.30. The van der Waals surface area contributed by atoms with Crippen LogP contribution in [0.3, 0.4) is 0 Å². The lowest BCUT2D eigenvalue weighted by Crippen LogP contribution is -2.37. The summed E-state index contributed by atoms with van der Waals surface area (Å²) in [6, 6.07) is 4.97. The van der Waals surface area contributed by atoms with Crippen molar-refractivity contribution in [2.75, 3.05) is 0 Å². The van der Waals surface area contributed by atoms with Crippen molar-refractivity contribution in [2.24, 2.45) is 5.92 Å². The molecule has 1 aliphatic rings. The Hall–Kier alpha value is -0.910. The van der Waals surface area contributed by atoms with Gasteiger partial charge in [-0.2, -0.15) is 0 Å². The third kappa shape index (κ3) is 3.22. The lowest BCUT2D eigenvalue weighted by atomic mass is 10.0. The molecule has 5 heteroatoms. The van der Waals surface area contributed by atoms with Crippen LogP contribution in [0.5, 0.6) is 0 Å². The molecule has 0 amide bonds. The second-order valence-corrected chi connectivity index (χ2v) is 7.34. The molecule has 1 aromatic carbocycles. The summed E-state index contributed by atoms with van der Waals surface area (Å²) in [6.07, 6.45) is 4.57. The third-order valence-corrected chi connectivity index (χ3v) is 6.01. The number of sulfonamides is 1. The predicted octanol–water partition coefficient (Wildman–Crippen LogP) is 2.34. The maximum Gasteiger partial charge on any atom is 0.241 e. The maximum atomic E-state index is 12.5. The predicted molar refractivity (Wildman–Crippen MR) is 78.8 cm³/mol. The second-order valence-electron chi connectivity index (χ2n) is 5.65. The van der Waals surface area contributed by atoms with Crippen LogP contribution in [0.15, 0.2) is 23.1 Å². The van der Waals surface area contributed by atoms with Gasteiger partial charge in [0.2, 0.25) is 10.0 Å². The topological polar surface area (TPSA) is 66.4 Å². The van der Waals surface area contributed by atoms with Crippen LogP contribution in [0.1, 0.15) is 43.7 Å². The zero-order valence-corrected chi connectivity index (χ0v) is 12.9. The molecule has 0 radical (unpaired) electrons. The summed E-state index contributed by atoms with van der Waals surface area (Å²) in [4.78, 5) is 0.272. The molecule has 20 heavy (non-hydrogen) atoms. The first-order chi connectivity index (χ1) is 9.45. The Kier molecular flexibility index (Phi) is 4.83. The maximum absolute atomic E-state index is 12.5. The molecule has 0 heterocycles. The van der Waals surface area contributed by atoms with Gasteiger partial charge in [0.15, 0.2) is 0 Å². The van der Waals surface area contributed by atoms with Gasteiger partial charge in [-0.15, -0.1) is 0 Å². The van der Waals surface area contributed by atoms with E-state index in [0.717, 1.165) is 12.8 Å². The van der Waals surface area contributed by atoms with Gasteiger partial charge in [-0.3, -0.25) is 0 Å². The molecule has 0 aliphatic heterocycles. The van der Waals surface area contributed by atoms with Crippen LogP contribution in [0.25, 0.3) is 0 Å². The molecular formula is C15H23NO3S. The minimum atomic E-state index is -3.52. The van der Waals surface area contributed by atoms with Gasteiger partial charge in [0.05, 0.1) is 11.5 Å². The van der Waals surface area contributed by atoms with Crippen molar-refractivity contribution in [3.63, 3.8) is 0 Å². The Bertz CT molecular complexity index is 562. The molecule has 1 fully saturated rings. The van der Waals surface area contributed by atoms with Crippen LogP contribution in [-0.2, 0) is 16.6 Å². The number of aliphatic hydroxyl groups excluding tert-OH is 1. The fraction of sp³-hybridized carbons (Fsp3) is 0.600. The molecule has 1 saturated carbocycles. The molecule has 0 bridgehead atoms. The van der Waals surface area contributed by atoms with E-state index in [-0.39, 0.29) is 17.5 Å². The van der Waals surface area contributed by atoms with E-state index in [9.17, 15) is 13.5 Å². The van der Waals surface area contributed by atoms with E-state index in [4.69, 9.17) is 0 Å². The highest BCUT2D eigenvalue weighted by molar-refractivity contribution is 7.89. The van der Waals surface area contributed by atoms with Crippen molar-refractivity contribution in [2.45, 2.75) is 57.1 Å². The first kappa shape index (κ1) is 15.5. The molecular weight excluding hydrogens is 274 g/mol. The summed E-state index contributed by atoms with van der Waals surface area (Å²) >= 11 is 0. The number of nitrogens with one attached hydrogen (secondary N) is 1. The van der Waals surface area contributed by atoms with Gasteiger partial charge in [0, 0.05) is 6.04 Å². The summed E-state index contributed by atoms with van der Waals surface area (Å²) in [5.74, 6) is 0.436. The van der Waals surface area contributed by atoms with Crippen molar-refractivity contribution >= 4 is 10.0 Å². The Morgan fingerprint density at radius 3 is 2.60 bits per heavy atom. The van der Waals surface area contributed by atoms with Gasteiger partial charge < -0.3 is 5.11 Å². The van der Waals surface area contributed by atoms with Crippen LogP contribution >= 0.6 is 0 Å². The monoisotopic (exact) mass is 297 g/mol. The summed E-state index contributed by atoms with van der Waals surface area (Å²) in [5.41, 5.74) is 1.28. The van der Waals surface area contributed by atoms with E-state index in [2.05, 4.69) is 4.72 Å². The molecule has 1 aromatic rings. The zero-order valence-electron chi connectivity index (χ0n) is 12.1. The average molecular weight is 297 g/mol. The highest BCUT2D eigenvalue weighted by Crippen LogP contribution is 2.28. The lowest BCUT2D eigenvalue weighted by Gasteiger charge is -2.21. The summed E-state index contributed by atoms with van der Waals surface area (Å²) in [5, 5.41) is 9.25. The normalized spacial score (nSPS) is 18.4. The van der Waals surface area contributed by atoms with E-state index in [1.165, 1.54) is 12.8 Å². The molecule has 2 rings (SSSR count). The van der Waals surface area contributed by atoms with Crippen molar-refractivity contribution in [1.82, 2.24) is 4.72 Å². The van der Waals surface area contributed by atoms with Crippen LogP contribution < -0.4 is 4.72 Å². The van der Waals surface area contributed by atoms with E-state index >= 15 is 0 Å². The first-order valence-electron chi connectivity index (χ1n) is 7.17. The number of benzene rings is 1. The molecule has 112 valence electrons. The molecule has 1 atom stereocenters. The van der Waals surface area contributed by atoms with E-state index in [0.29, 0.717) is 17.0 Å². The standard InChI is InChI=1S/C15H23NO3S/c1-11-14(10-17)8-5-9-15(11)20(18,19)16-12(2)13-6-3-4-7-13/h5,8-9,12-13,16-17H,3-4,6-7,10H2,1-2H3. The Balaban J connectivity index is 2.22. The minimum absolute atomic E-state index is 0.0420. The number of hydrogen-bond acceptors (Lipinski definition) is 3. The zero-order chi connectivity index (χ0) is 14.8.